The molecule has 0 N–H and O–H groups in total. The topological polar surface area (TPSA) is 84.7 Å². The fourth-order valence-corrected chi connectivity index (χ4v) is 5.48. The highest BCUT2D eigenvalue weighted by atomic mass is 16.2. The number of piperidine rings is 1. The van der Waals surface area contributed by atoms with E-state index in [1.165, 1.54) is 10.5 Å². The first-order valence-corrected chi connectivity index (χ1v) is 13.0. The lowest BCUT2D eigenvalue weighted by molar-refractivity contribution is -0.141. The summed E-state index contributed by atoms with van der Waals surface area (Å²) in [4.78, 5) is 45.7. The van der Waals surface area contributed by atoms with Gasteiger partial charge in [0.15, 0.2) is 0 Å². The van der Waals surface area contributed by atoms with Gasteiger partial charge in [0, 0.05) is 25.7 Å². The van der Waals surface area contributed by atoms with E-state index in [-0.39, 0.29) is 36.6 Å². The molecule has 0 bridgehead atoms. The number of carbonyl (C=O) groups excluding carboxylic acids is 3. The number of anilines is 1. The SMILES string of the molecule is N#Cc1ccc(N2C(=O)CC(N(C(=O)Cc3ccccc3)C3CCN(Cc4ccccc4)CC3)C2=O)cc1. The van der Waals surface area contributed by atoms with E-state index in [1.807, 2.05) is 54.6 Å². The maximum absolute atomic E-state index is 13.7. The Morgan fingerprint density at radius 1 is 0.868 bits per heavy atom. The molecule has 0 spiro atoms. The van der Waals surface area contributed by atoms with Crippen molar-refractivity contribution >= 4 is 23.4 Å². The Hall–Kier alpha value is -4.28. The minimum atomic E-state index is -0.833. The molecule has 1 unspecified atom stereocenters. The molecule has 0 saturated carbocycles. The van der Waals surface area contributed by atoms with Gasteiger partial charge in [-0.3, -0.25) is 19.3 Å². The van der Waals surface area contributed by atoms with Crippen LogP contribution in [0, 0.1) is 11.3 Å². The molecule has 38 heavy (non-hydrogen) atoms. The second-order valence-corrected chi connectivity index (χ2v) is 9.90. The van der Waals surface area contributed by atoms with Crippen LogP contribution in [-0.2, 0) is 27.3 Å². The highest BCUT2D eigenvalue weighted by molar-refractivity contribution is 6.23. The van der Waals surface area contributed by atoms with Gasteiger partial charge in [-0.25, -0.2) is 4.90 Å². The monoisotopic (exact) mass is 506 g/mol. The van der Waals surface area contributed by atoms with E-state index in [4.69, 9.17) is 5.26 Å². The average Bonchev–Trinajstić information content (AvgIpc) is 3.24. The largest absolute Gasteiger partial charge is 0.327 e. The Labute approximate surface area is 222 Å². The normalized spacial score (nSPS) is 18.4. The van der Waals surface area contributed by atoms with Crippen molar-refractivity contribution in [2.45, 2.75) is 44.3 Å². The molecule has 7 nitrogen and oxygen atoms in total. The molecule has 1 atom stereocenters. The summed E-state index contributed by atoms with van der Waals surface area (Å²) >= 11 is 0. The van der Waals surface area contributed by atoms with Crippen LogP contribution in [0.1, 0.15) is 36.0 Å². The zero-order chi connectivity index (χ0) is 26.5. The summed E-state index contributed by atoms with van der Waals surface area (Å²) in [5, 5.41) is 9.10. The molecule has 0 radical (unpaired) electrons. The van der Waals surface area contributed by atoms with Gasteiger partial charge < -0.3 is 4.90 Å². The Balaban J connectivity index is 1.36. The lowest BCUT2D eigenvalue weighted by atomic mass is 9.98. The fraction of sp³-hybridized carbons (Fsp3) is 0.290. The van der Waals surface area contributed by atoms with Crippen LogP contribution in [0.5, 0.6) is 0 Å². The van der Waals surface area contributed by atoms with E-state index < -0.39 is 6.04 Å². The van der Waals surface area contributed by atoms with E-state index in [9.17, 15) is 14.4 Å². The maximum atomic E-state index is 13.7. The van der Waals surface area contributed by atoms with Gasteiger partial charge in [-0.05, 0) is 48.2 Å². The summed E-state index contributed by atoms with van der Waals surface area (Å²) in [7, 11) is 0. The molecule has 3 aromatic carbocycles. The van der Waals surface area contributed by atoms with Gasteiger partial charge in [0.25, 0.3) is 5.91 Å². The smallest absolute Gasteiger partial charge is 0.257 e. The van der Waals surface area contributed by atoms with Crippen molar-refractivity contribution in [1.29, 1.82) is 5.26 Å². The zero-order valence-corrected chi connectivity index (χ0v) is 21.2. The van der Waals surface area contributed by atoms with E-state index >= 15 is 0 Å². The number of carbonyl (C=O) groups is 3. The van der Waals surface area contributed by atoms with Crippen molar-refractivity contribution in [2.75, 3.05) is 18.0 Å². The van der Waals surface area contributed by atoms with Crippen LogP contribution in [0.3, 0.4) is 0 Å². The Morgan fingerprint density at radius 3 is 2.08 bits per heavy atom. The minimum Gasteiger partial charge on any atom is -0.327 e. The predicted molar refractivity (Wildman–Crippen MR) is 144 cm³/mol. The maximum Gasteiger partial charge on any atom is 0.257 e. The third-order valence-corrected chi connectivity index (χ3v) is 7.40. The molecule has 2 heterocycles. The first kappa shape index (κ1) is 25.4. The standard InChI is InChI=1S/C31H30N4O3/c32-21-24-11-13-26(14-12-24)35-30(37)20-28(31(35)38)34(29(36)19-23-7-3-1-4-8-23)27-15-17-33(18-16-27)22-25-9-5-2-6-10-25/h1-14,27-28H,15-20,22H2. The van der Waals surface area contributed by atoms with Crippen molar-refractivity contribution in [1.82, 2.24) is 9.80 Å². The van der Waals surface area contributed by atoms with E-state index in [0.717, 1.165) is 38.0 Å². The lowest BCUT2D eigenvalue weighted by Gasteiger charge is -2.40. The van der Waals surface area contributed by atoms with Crippen LogP contribution in [0.25, 0.3) is 0 Å². The molecule has 7 heteroatoms. The van der Waals surface area contributed by atoms with Crippen LogP contribution >= 0.6 is 0 Å². The predicted octanol–water partition coefficient (Wildman–Crippen LogP) is 3.93. The average molecular weight is 507 g/mol. The van der Waals surface area contributed by atoms with Gasteiger partial charge in [0.2, 0.25) is 11.8 Å². The third-order valence-electron chi connectivity index (χ3n) is 7.40. The Kier molecular flexibility index (Phi) is 7.62. The van der Waals surface area contributed by atoms with Gasteiger partial charge in [0.1, 0.15) is 6.04 Å². The number of hydrogen-bond acceptors (Lipinski definition) is 5. The fourth-order valence-electron chi connectivity index (χ4n) is 5.48. The second-order valence-electron chi connectivity index (χ2n) is 9.90. The number of likely N-dealkylation sites (tertiary alicyclic amines) is 1. The minimum absolute atomic E-state index is 0.0381. The van der Waals surface area contributed by atoms with Gasteiger partial charge in [-0.15, -0.1) is 0 Å². The molecule has 2 fully saturated rings. The zero-order valence-electron chi connectivity index (χ0n) is 21.2. The molecule has 192 valence electrons. The molecule has 2 aliphatic rings. The number of imide groups is 1. The van der Waals surface area contributed by atoms with Crippen LogP contribution in [0.2, 0.25) is 0 Å². The quantitative estimate of drug-likeness (QED) is 0.454. The molecule has 3 aromatic rings. The van der Waals surface area contributed by atoms with Crippen molar-refractivity contribution in [2.24, 2.45) is 0 Å². The number of hydrogen-bond donors (Lipinski definition) is 0. The van der Waals surface area contributed by atoms with Crippen LogP contribution in [-0.4, -0.2) is 52.7 Å². The highest BCUT2D eigenvalue weighted by Crippen LogP contribution is 2.30. The second kappa shape index (κ2) is 11.4. The number of nitrogens with zero attached hydrogens (tertiary/aromatic N) is 4. The summed E-state index contributed by atoms with van der Waals surface area (Å²) in [6.45, 7) is 2.46. The van der Waals surface area contributed by atoms with Crippen LogP contribution < -0.4 is 4.90 Å². The van der Waals surface area contributed by atoms with E-state index in [0.29, 0.717) is 11.3 Å². The molecule has 2 saturated heterocycles. The third kappa shape index (κ3) is 5.51. The summed E-state index contributed by atoms with van der Waals surface area (Å²) in [6.07, 6.45) is 1.62. The van der Waals surface area contributed by atoms with Gasteiger partial charge in [-0.2, -0.15) is 5.26 Å². The summed E-state index contributed by atoms with van der Waals surface area (Å²) < 4.78 is 0. The Morgan fingerprint density at radius 2 is 1.47 bits per heavy atom. The molecule has 5 rings (SSSR count). The van der Waals surface area contributed by atoms with Crippen molar-refractivity contribution < 1.29 is 14.4 Å². The molecule has 3 amide bonds. The van der Waals surface area contributed by atoms with E-state index in [2.05, 4.69) is 17.0 Å². The van der Waals surface area contributed by atoms with Crippen LogP contribution in [0.15, 0.2) is 84.9 Å². The van der Waals surface area contributed by atoms with E-state index in [1.54, 1.807) is 29.2 Å². The molecule has 2 aliphatic heterocycles. The van der Waals surface area contributed by atoms with Crippen LogP contribution in [0.4, 0.5) is 5.69 Å². The summed E-state index contributed by atoms with van der Waals surface area (Å²) in [5.41, 5.74) is 3.00. The Bertz CT molecular complexity index is 1330. The number of benzene rings is 3. The number of amides is 3. The number of nitriles is 1. The van der Waals surface area contributed by atoms with Gasteiger partial charge in [0.05, 0.1) is 30.2 Å². The lowest BCUT2D eigenvalue weighted by Crippen LogP contribution is -2.54. The number of rotatable bonds is 7. The van der Waals surface area contributed by atoms with Crippen molar-refractivity contribution in [3.63, 3.8) is 0 Å². The first-order valence-electron chi connectivity index (χ1n) is 13.0. The summed E-state index contributed by atoms with van der Waals surface area (Å²) in [5.74, 6) is -0.845. The van der Waals surface area contributed by atoms with Gasteiger partial charge in [-0.1, -0.05) is 60.7 Å². The molecule has 0 aliphatic carbocycles. The molecular formula is C31H30N4O3. The first-order chi connectivity index (χ1) is 18.5. The highest BCUT2D eigenvalue weighted by Gasteiger charge is 2.46. The van der Waals surface area contributed by atoms with Crippen molar-refractivity contribution in [3.05, 3.63) is 102 Å². The van der Waals surface area contributed by atoms with Gasteiger partial charge >= 0.3 is 0 Å². The van der Waals surface area contributed by atoms with Crippen molar-refractivity contribution in [3.8, 4) is 6.07 Å². The summed E-state index contributed by atoms with van der Waals surface area (Å²) in [6, 6.07) is 27.3. The molecule has 0 aromatic heterocycles. The molecular weight excluding hydrogens is 476 g/mol.